The fraction of sp³-hybridized carbons (Fsp3) is 0.579. The SMILES string of the molecule is CCNC(=NCc1cccc(C#N)c1)NCC(C)(O)CN1CCOCC1.I. The molecule has 0 saturated carbocycles. The normalized spacial score (nSPS) is 17.3. The van der Waals surface area contributed by atoms with E-state index in [0.717, 1.165) is 38.4 Å². The van der Waals surface area contributed by atoms with E-state index in [-0.39, 0.29) is 24.0 Å². The molecule has 1 fully saturated rings. The number of hydrogen-bond acceptors (Lipinski definition) is 5. The zero-order valence-corrected chi connectivity index (χ0v) is 18.4. The van der Waals surface area contributed by atoms with Crippen molar-refractivity contribution in [1.82, 2.24) is 15.5 Å². The smallest absolute Gasteiger partial charge is 0.191 e. The highest BCUT2D eigenvalue weighted by molar-refractivity contribution is 14.0. The van der Waals surface area contributed by atoms with Crippen molar-refractivity contribution in [1.29, 1.82) is 5.26 Å². The lowest BCUT2D eigenvalue weighted by atomic mass is 10.1. The maximum atomic E-state index is 10.7. The van der Waals surface area contributed by atoms with Gasteiger partial charge >= 0.3 is 0 Å². The van der Waals surface area contributed by atoms with Crippen LogP contribution in [0.15, 0.2) is 29.3 Å². The van der Waals surface area contributed by atoms with Crippen LogP contribution in [0.4, 0.5) is 0 Å². The Hall–Kier alpha value is -1.41. The largest absolute Gasteiger partial charge is 0.387 e. The molecule has 1 unspecified atom stereocenters. The zero-order chi connectivity index (χ0) is 18.8. The molecule has 7 nitrogen and oxygen atoms in total. The highest BCUT2D eigenvalue weighted by atomic mass is 127. The molecule has 1 aromatic carbocycles. The topological polar surface area (TPSA) is 92.9 Å². The number of nitrogens with zero attached hydrogens (tertiary/aromatic N) is 3. The second-order valence-electron chi connectivity index (χ2n) is 6.75. The van der Waals surface area contributed by atoms with Gasteiger partial charge in [-0.05, 0) is 31.5 Å². The first-order chi connectivity index (χ1) is 12.5. The van der Waals surface area contributed by atoms with Crippen molar-refractivity contribution in [3.8, 4) is 6.07 Å². The van der Waals surface area contributed by atoms with E-state index in [1.54, 1.807) is 6.07 Å². The number of nitriles is 1. The van der Waals surface area contributed by atoms with Crippen LogP contribution in [0.2, 0.25) is 0 Å². The molecule has 3 N–H and O–H groups in total. The van der Waals surface area contributed by atoms with E-state index in [9.17, 15) is 5.11 Å². The average Bonchev–Trinajstić information content (AvgIpc) is 2.64. The molecule has 1 saturated heterocycles. The Morgan fingerprint density at radius 1 is 1.37 bits per heavy atom. The molecule has 0 amide bonds. The fourth-order valence-electron chi connectivity index (χ4n) is 2.82. The van der Waals surface area contributed by atoms with Crippen molar-refractivity contribution in [2.45, 2.75) is 26.0 Å². The fourth-order valence-corrected chi connectivity index (χ4v) is 2.82. The van der Waals surface area contributed by atoms with Crippen LogP contribution in [0.25, 0.3) is 0 Å². The van der Waals surface area contributed by atoms with E-state index in [2.05, 4.69) is 26.6 Å². The minimum absolute atomic E-state index is 0. The Balaban J connectivity index is 0.00000364. The van der Waals surface area contributed by atoms with E-state index < -0.39 is 5.60 Å². The highest BCUT2D eigenvalue weighted by Gasteiger charge is 2.25. The van der Waals surface area contributed by atoms with E-state index >= 15 is 0 Å². The van der Waals surface area contributed by atoms with E-state index in [1.165, 1.54) is 0 Å². The Labute approximate surface area is 178 Å². The molecule has 0 aliphatic carbocycles. The van der Waals surface area contributed by atoms with Crippen molar-refractivity contribution < 1.29 is 9.84 Å². The third kappa shape index (κ3) is 8.88. The number of rotatable bonds is 7. The summed E-state index contributed by atoms with van der Waals surface area (Å²) >= 11 is 0. The van der Waals surface area contributed by atoms with Gasteiger partial charge in [-0.2, -0.15) is 5.26 Å². The molecule has 8 heteroatoms. The zero-order valence-electron chi connectivity index (χ0n) is 16.1. The predicted octanol–water partition coefficient (Wildman–Crippen LogP) is 1.31. The Bertz CT molecular complexity index is 639. The van der Waals surface area contributed by atoms with Gasteiger partial charge in [-0.3, -0.25) is 4.90 Å². The van der Waals surface area contributed by atoms with E-state index in [0.29, 0.717) is 31.2 Å². The summed E-state index contributed by atoms with van der Waals surface area (Å²) < 4.78 is 5.35. The first-order valence-corrected chi connectivity index (χ1v) is 9.06. The number of aliphatic imine (C=N–C) groups is 1. The molecule has 2 rings (SSSR count). The highest BCUT2D eigenvalue weighted by Crippen LogP contribution is 2.08. The summed E-state index contributed by atoms with van der Waals surface area (Å²) in [6.07, 6.45) is 0. The van der Waals surface area contributed by atoms with E-state index in [1.807, 2.05) is 32.0 Å². The molecular formula is C19H30IN5O2. The van der Waals surface area contributed by atoms with Crippen LogP contribution in [0.3, 0.4) is 0 Å². The molecule has 27 heavy (non-hydrogen) atoms. The molecule has 1 atom stereocenters. The third-order valence-corrected chi connectivity index (χ3v) is 4.12. The quantitative estimate of drug-likeness (QED) is 0.305. The molecule has 0 spiro atoms. The average molecular weight is 487 g/mol. The summed E-state index contributed by atoms with van der Waals surface area (Å²) in [6.45, 7) is 9.14. The number of β-amino-alcohol motifs (C(OH)–C–C–N with tert-alkyl or cyclic N) is 1. The van der Waals surface area contributed by atoms with Crippen molar-refractivity contribution >= 4 is 29.9 Å². The number of aliphatic hydroxyl groups is 1. The monoisotopic (exact) mass is 487 g/mol. The summed E-state index contributed by atoms with van der Waals surface area (Å²) in [6, 6.07) is 9.55. The van der Waals surface area contributed by atoms with Crippen molar-refractivity contribution in [3.05, 3.63) is 35.4 Å². The van der Waals surface area contributed by atoms with Crippen LogP contribution in [-0.4, -0.2) is 67.5 Å². The van der Waals surface area contributed by atoms with Gasteiger partial charge in [0, 0.05) is 32.7 Å². The van der Waals surface area contributed by atoms with Gasteiger partial charge in [-0.25, -0.2) is 4.99 Å². The summed E-state index contributed by atoms with van der Waals surface area (Å²) in [7, 11) is 0. The minimum Gasteiger partial charge on any atom is -0.387 e. The van der Waals surface area contributed by atoms with Crippen LogP contribution in [-0.2, 0) is 11.3 Å². The Morgan fingerprint density at radius 3 is 2.78 bits per heavy atom. The van der Waals surface area contributed by atoms with E-state index in [4.69, 9.17) is 10.00 Å². The molecule has 1 aromatic rings. The number of ether oxygens (including phenoxy) is 1. The summed E-state index contributed by atoms with van der Waals surface area (Å²) in [5.74, 6) is 0.650. The predicted molar refractivity (Wildman–Crippen MR) is 117 cm³/mol. The Morgan fingerprint density at radius 2 is 2.11 bits per heavy atom. The van der Waals surface area contributed by atoms with Crippen molar-refractivity contribution in [3.63, 3.8) is 0 Å². The van der Waals surface area contributed by atoms with Gasteiger partial charge < -0.3 is 20.5 Å². The molecule has 0 bridgehead atoms. The first-order valence-electron chi connectivity index (χ1n) is 9.06. The van der Waals surface area contributed by atoms with Crippen LogP contribution >= 0.6 is 24.0 Å². The van der Waals surface area contributed by atoms with Crippen molar-refractivity contribution in [2.75, 3.05) is 45.9 Å². The lowest BCUT2D eigenvalue weighted by Gasteiger charge is -2.34. The second kappa shape index (κ2) is 12.1. The Kier molecular flexibility index (Phi) is 10.6. The minimum atomic E-state index is -0.867. The molecule has 150 valence electrons. The molecule has 1 heterocycles. The molecule has 0 radical (unpaired) electrons. The summed E-state index contributed by atoms with van der Waals surface area (Å²) in [5, 5.41) is 26.1. The van der Waals surface area contributed by atoms with Crippen molar-refractivity contribution in [2.24, 2.45) is 4.99 Å². The van der Waals surface area contributed by atoms with Gasteiger partial charge in [0.2, 0.25) is 0 Å². The van der Waals surface area contributed by atoms with Gasteiger partial charge in [-0.15, -0.1) is 24.0 Å². The van der Waals surface area contributed by atoms with Crippen LogP contribution in [0.1, 0.15) is 25.0 Å². The van der Waals surface area contributed by atoms with Gasteiger partial charge in [0.25, 0.3) is 0 Å². The number of guanidine groups is 1. The van der Waals surface area contributed by atoms with Crippen LogP contribution < -0.4 is 10.6 Å². The summed E-state index contributed by atoms with van der Waals surface area (Å²) in [5.41, 5.74) is 0.735. The number of nitrogens with one attached hydrogen (secondary N) is 2. The standard InChI is InChI=1S/C19H29N5O2.HI/c1-3-21-18(22-13-17-6-4-5-16(11-17)12-20)23-14-19(2,25)15-24-7-9-26-10-8-24;/h4-6,11,25H,3,7-10,13-15H2,1-2H3,(H2,21,22,23);1H. The first kappa shape index (κ1) is 23.6. The maximum absolute atomic E-state index is 10.7. The number of morpholine rings is 1. The van der Waals surface area contributed by atoms with Crippen LogP contribution in [0.5, 0.6) is 0 Å². The van der Waals surface area contributed by atoms with Gasteiger partial charge in [-0.1, -0.05) is 12.1 Å². The lowest BCUT2D eigenvalue weighted by molar-refractivity contribution is -0.0201. The van der Waals surface area contributed by atoms with Crippen LogP contribution in [0, 0.1) is 11.3 Å². The van der Waals surface area contributed by atoms with Gasteiger partial charge in [0.05, 0.1) is 37.0 Å². The lowest BCUT2D eigenvalue weighted by Crippen LogP contribution is -2.52. The second-order valence-corrected chi connectivity index (χ2v) is 6.75. The molecular weight excluding hydrogens is 457 g/mol. The number of benzene rings is 1. The van der Waals surface area contributed by atoms with Gasteiger partial charge in [0.15, 0.2) is 5.96 Å². The number of halogens is 1. The number of hydrogen-bond donors (Lipinski definition) is 3. The molecule has 0 aromatic heterocycles. The van der Waals surface area contributed by atoms with Gasteiger partial charge in [0.1, 0.15) is 0 Å². The summed E-state index contributed by atoms with van der Waals surface area (Å²) in [4.78, 5) is 6.76. The third-order valence-electron chi connectivity index (χ3n) is 4.12. The molecule has 1 aliphatic rings. The molecule has 1 aliphatic heterocycles. The maximum Gasteiger partial charge on any atom is 0.191 e.